The number of hydrogen-bond donors (Lipinski definition) is 1. The molecule has 20 heavy (non-hydrogen) atoms. The van der Waals surface area contributed by atoms with Crippen molar-refractivity contribution >= 4 is 6.09 Å². The highest BCUT2D eigenvalue weighted by molar-refractivity contribution is 5.67. The number of hydrogen-bond acceptors (Lipinski definition) is 4. The summed E-state index contributed by atoms with van der Waals surface area (Å²) in [4.78, 5) is 15.8. The summed E-state index contributed by atoms with van der Waals surface area (Å²) in [6, 6.07) is 1.16. The maximum absolute atomic E-state index is 11.6. The third-order valence-electron chi connectivity index (χ3n) is 4.02. The van der Waals surface area contributed by atoms with Crippen LogP contribution in [0.3, 0.4) is 0 Å². The van der Waals surface area contributed by atoms with Crippen LogP contribution in [0.2, 0.25) is 0 Å². The molecule has 1 saturated heterocycles. The quantitative estimate of drug-likeness (QED) is 0.726. The first-order valence-electron chi connectivity index (χ1n) is 7.90. The Morgan fingerprint density at radius 2 is 2.05 bits per heavy atom. The minimum Gasteiger partial charge on any atom is -0.450 e. The van der Waals surface area contributed by atoms with Gasteiger partial charge in [-0.15, -0.1) is 0 Å². The van der Waals surface area contributed by atoms with Crippen LogP contribution in [-0.2, 0) is 4.74 Å². The van der Waals surface area contributed by atoms with Crippen molar-refractivity contribution in [1.29, 1.82) is 0 Å². The summed E-state index contributed by atoms with van der Waals surface area (Å²) < 4.78 is 5.02. The van der Waals surface area contributed by atoms with Gasteiger partial charge in [0.15, 0.2) is 0 Å². The molecule has 0 aromatic carbocycles. The molecule has 0 radical (unpaired) electrons. The van der Waals surface area contributed by atoms with E-state index in [1.54, 1.807) is 0 Å². The molecule has 0 aliphatic carbocycles. The van der Waals surface area contributed by atoms with Gasteiger partial charge in [-0.2, -0.15) is 0 Å². The smallest absolute Gasteiger partial charge is 0.409 e. The van der Waals surface area contributed by atoms with Crippen LogP contribution in [0, 0.1) is 0 Å². The molecule has 0 bridgehead atoms. The van der Waals surface area contributed by atoms with Gasteiger partial charge in [-0.05, 0) is 60.2 Å². The second kappa shape index (κ2) is 9.19. The number of ether oxygens (including phenoxy) is 1. The SMILES string of the molecule is CCOC(=O)N1CCC(NCCCN(C)C(C)C)CC1. The number of carbonyl (C=O) groups is 1. The highest BCUT2D eigenvalue weighted by Crippen LogP contribution is 2.11. The molecule has 1 N–H and O–H groups in total. The van der Waals surface area contributed by atoms with Crippen molar-refractivity contribution in [1.82, 2.24) is 15.1 Å². The molecule has 0 atom stereocenters. The summed E-state index contributed by atoms with van der Waals surface area (Å²) in [6.45, 7) is 10.6. The average molecular weight is 285 g/mol. The number of carbonyl (C=O) groups excluding carboxylic acids is 1. The Bertz CT molecular complexity index is 276. The molecule has 1 amide bonds. The number of piperidine rings is 1. The molecule has 0 unspecified atom stereocenters. The Morgan fingerprint density at radius 3 is 2.60 bits per heavy atom. The topological polar surface area (TPSA) is 44.8 Å². The van der Waals surface area contributed by atoms with Gasteiger partial charge in [-0.25, -0.2) is 4.79 Å². The molecule has 0 saturated carbocycles. The summed E-state index contributed by atoms with van der Waals surface area (Å²) in [7, 11) is 2.17. The first-order chi connectivity index (χ1) is 9.54. The molecule has 1 heterocycles. The van der Waals surface area contributed by atoms with Gasteiger partial charge in [0, 0.05) is 25.2 Å². The average Bonchev–Trinajstić information content (AvgIpc) is 2.44. The van der Waals surface area contributed by atoms with E-state index in [4.69, 9.17) is 4.74 Å². The van der Waals surface area contributed by atoms with Gasteiger partial charge in [0.25, 0.3) is 0 Å². The fourth-order valence-corrected chi connectivity index (χ4v) is 2.37. The monoisotopic (exact) mass is 285 g/mol. The van der Waals surface area contributed by atoms with Gasteiger partial charge in [0.1, 0.15) is 0 Å². The number of rotatable bonds is 7. The third kappa shape index (κ3) is 6.09. The minimum absolute atomic E-state index is 0.162. The second-order valence-corrected chi connectivity index (χ2v) is 5.84. The molecule has 1 rings (SSSR count). The fraction of sp³-hybridized carbons (Fsp3) is 0.933. The maximum atomic E-state index is 11.6. The number of nitrogens with zero attached hydrogens (tertiary/aromatic N) is 2. The fourth-order valence-electron chi connectivity index (χ4n) is 2.37. The molecular formula is C15H31N3O2. The highest BCUT2D eigenvalue weighted by Gasteiger charge is 2.22. The minimum atomic E-state index is -0.162. The van der Waals surface area contributed by atoms with Gasteiger partial charge in [0.2, 0.25) is 0 Å². The molecule has 0 spiro atoms. The van der Waals surface area contributed by atoms with Crippen molar-refractivity contribution in [3.63, 3.8) is 0 Å². The van der Waals surface area contributed by atoms with E-state index in [2.05, 4.69) is 31.1 Å². The van der Waals surface area contributed by atoms with Crippen LogP contribution in [0.4, 0.5) is 4.79 Å². The molecular weight excluding hydrogens is 254 g/mol. The van der Waals surface area contributed by atoms with E-state index >= 15 is 0 Å². The molecule has 5 heteroatoms. The lowest BCUT2D eigenvalue weighted by Gasteiger charge is -2.32. The Kier molecular flexibility index (Phi) is 7.92. The van der Waals surface area contributed by atoms with Crippen molar-refractivity contribution < 1.29 is 9.53 Å². The van der Waals surface area contributed by atoms with Crippen LogP contribution in [0.15, 0.2) is 0 Å². The first-order valence-corrected chi connectivity index (χ1v) is 7.90. The normalized spacial score (nSPS) is 17.0. The van der Waals surface area contributed by atoms with E-state index < -0.39 is 0 Å². The molecule has 0 aromatic heterocycles. The van der Waals surface area contributed by atoms with Crippen molar-refractivity contribution in [2.45, 2.75) is 52.1 Å². The summed E-state index contributed by atoms with van der Waals surface area (Å²) >= 11 is 0. The summed E-state index contributed by atoms with van der Waals surface area (Å²) in [5.74, 6) is 0. The molecule has 1 aliphatic rings. The lowest BCUT2D eigenvalue weighted by molar-refractivity contribution is 0.0950. The third-order valence-corrected chi connectivity index (χ3v) is 4.02. The van der Waals surface area contributed by atoms with Gasteiger partial charge in [0.05, 0.1) is 6.61 Å². The standard InChI is InChI=1S/C15H31N3O2/c1-5-20-15(19)18-11-7-14(8-12-18)16-9-6-10-17(4)13(2)3/h13-14,16H,5-12H2,1-4H3. The van der Waals surface area contributed by atoms with E-state index in [1.807, 2.05) is 11.8 Å². The van der Waals surface area contributed by atoms with Gasteiger partial charge < -0.3 is 19.9 Å². The van der Waals surface area contributed by atoms with Crippen molar-refractivity contribution in [3.8, 4) is 0 Å². The van der Waals surface area contributed by atoms with Crippen molar-refractivity contribution in [3.05, 3.63) is 0 Å². The Hall–Kier alpha value is -0.810. The van der Waals surface area contributed by atoms with Crippen molar-refractivity contribution in [2.75, 3.05) is 39.8 Å². The summed E-state index contributed by atoms with van der Waals surface area (Å²) in [6.07, 6.45) is 3.06. The lowest BCUT2D eigenvalue weighted by Crippen LogP contribution is -2.45. The molecule has 5 nitrogen and oxygen atoms in total. The molecule has 1 aliphatic heterocycles. The zero-order chi connectivity index (χ0) is 15.0. The van der Waals surface area contributed by atoms with Gasteiger partial charge in [-0.1, -0.05) is 0 Å². The summed E-state index contributed by atoms with van der Waals surface area (Å²) in [5, 5.41) is 3.60. The number of amides is 1. The predicted molar refractivity (Wildman–Crippen MR) is 82.0 cm³/mol. The molecule has 118 valence electrons. The zero-order valence-electron chi connectivity index (χ0n) is 13.5. The lowest BCUT2D eigenvalue weighted by atomic mass is 10.1. The second-order valence-electron chi connectivity index (χ2n) is 5.84. The van der Waals surface area contributed by atoms with Crippen LogP contribution >= 0.6 is 0 Å². The Labute approximate surface area is 123 Å². The van der Waals surface area contributed by atoms with Gasteiger partial charge >= 0.3 is 6.09 Å². The summed E-state index contributed by atoms with van der Waals surface area (Å²) in [5.41, 5.74) is 0. The van der Waals surface area contributed by atoms with Crippen molar-refractivity contribution in [2.24, 2.45) is 0 Å². The number of likely N-dealkylation sites (tertiary alicyclic amines) is 1. The largest absolute Gasteiger partial charge is 0.450 e. The van der Waals surface area contributed by atoms with Gasteiger partial charge in [-0.3, -0.25) is 0 Å². The number of nitrogens with one attached hydrogen (secondary N) is 1. The van der Waals surface area contributed by atoms with Crippen LogP contribution in [0.5, 0.6) is 0 Å². The van der Waals surface area contributed by atoms with Crippen LogP contribution in [0.25, 0.3) is 0 Å². The van der Waals surface area contributed by atoms with E-state index in [0.29, 0.717) is 18.7 Å². The van der Waals surface area contributed by atoms with E-state index in [0.717, 1.165) is 39.0 Å². The van der Waals surface area contributed by atoms with Crippen LogP contribution < -0.4 is 5.32 Å². The Morgan fingerprint density at radius 1 is 1.40 bits per heavy atom. The predicted octanol–water partition coefficient (Wildman–Crippen LogP) is 1.93. The van der Waals surface area contributed by atoms with E-state index in [1.165, 1.54) is 6.42 Å². The van der Waals surface area contributed by atoms with Crippen LogP contribution in [0.1, 0.15) is 40.0 Å². The maximum Gasteiger partial charge on any atom is 0.409 e. The molecule has 1 fully saturated rings. The highest BCUT2D eigenvalue weighted by atomic mass is 16.6. The first kappa shape index (κ1) is 17.2. The van der Waals surface area contributed by atoms with Crippen LogP contribution in [-0.4, -0.2) is 67.8 Å². The van der Waals surface area contributed by atoms with E-state index in [-0.39, 0.29) is 6.09 Å². The van der Waals surface area contributed by atoms with E-state index in [9.17, 15) is 4.79 Å². The zero-order valence-corrected chi connectivity index (χ0v) is 13.5. The molecule has 0 aromatic rings. The Balaban J connectivity index is 2.09.